The molecule has 0 fully saturated rings. The molecule has 0 saturated carbocycles. The second kappa shape index (κ2) is 6.50. The van der Waals surface area contributed by atoms with Gasteiger partial charge in [0.15, 0.2) is 0 Å². The number of nitrogens with one attached hydrogen (secondary N) is 1. The van der Waals surface area contributed by atoms with Crippen molar-refractivity contribution in [2.75, 3.05) is 20.6 Å². The lowest BCUT2D eigenvalue weighted by atomic mass is 10.1. The van der Waals surface area contributed by atoms with E-state index in [4.69, 9.17) is 0 Å². The fraction of sp³-hybridized carbons (Fsp3) is 0.571. The summed E-state index contributed by atoms with van der Waals surface area (Å²) in [6.45, 7) is 7.08. The summed E-state index contributed by atoms with van der Waals surface area (Å²) in [4.78, 5) is 0.406. The Morgan fingerprint density at radius 3 is 2.47 bits per heavy atom. The molecule has 19 heavy (non-hydrogen) atoms. The van der Waals surface area contributed by atoms with Gasteiger partial charge in [-0.15, -0.1) is 0 Å². The van der Waals surface area contributed by atoms with Crippen LogP contribution in [0, 0.1) is 12.8 Å². The summed E-state index contributed by atoms with van der Waals surface area (Å²) in [6.07, 6.45) is 0. The highest BCUT2D eigenvalue weighted by molar-refractivity contribution is 7.89. The van der Waals surface area contributed by atoms with Crippen molar-refractivity contribution >= 4 is 10.0 Å². The van der Waals surface area contributed by atoms with E-state index in [0.29, 0.717) is 23.9 Å². The first kappa shape index (κ1) is 16.1. The molecule has 0 amide bonds. The van der Waals surface area contributed by atoms with Gasteiger partial charge in [0.1, 0.15) is 0 Å². The normalized spacial score (nSPS) is 12.4. The van der Waals surface area contributed by atoms with Crippen molar-refractivity contribution in [1.29, 1.82) is 0 Å². The molecule has 1 rings (SSSR count). The van der Waals surface area contributed by atoms with Gasteiger partial charge in [0.2, 0.25) is 10.0 Å². The van der Waals surface area contributed by atoms with Crippen LogP contribution in [0.2, 0.25) is 0 Å². The van der Waals surface area contributed by atoms with Crippen LogP contribution < -0.4 is 5.32 Å². The third-order valence-corrected chi connectivity index (χ3v) is 5.04. The first-order valence-electron chi connectivity index (χ1n) is 6.50. The summed E-state index contributed by atoms with van der Waals surface area (Å²) in [5, 5.41) is 3.06. The van der Waals surface area contributed by atoms with Gasteiger partial charge in [-0.25, -0.2) is 12.7 Å². The Kier molecular flexibility index (Phi) is 5.52. The molecular formula is C14H24N2O2S. The van der Waals surface area contributed by atoms with Gasteiger partial charge in [-0.1, -0.05) is 26.0 Å². The summed E-state index contributed by atoms with van der Waals surface area (Å²) in [7, 11) is 0.0911. The van der Waals surface area contributed by atoms with Crippen LogP contribution in [0.5, 0.6) is 0 Å². The summed E-state index contributed by atoms with van der Waals surface area (Å²) in [6, 6.07) is 5.43. The van der Waals surface area contributed by atoms with Crippen molar-refractivity contribution in [2.24, 2.45) is 5.92 Å². The number of nitrogens with zero attached hydrogens (tertiary/aromatic N) is 1. The van der Waals surface area contributed by atoms with Gasteiger partial charge < -0.3 is 5.32 Å². The summed E-state index contributed by atoms with van der Waals surface area (Å²) in [5.41, 5.74) is 1.84. The van der Waals surface area contributed by atoms with Crippen molar-refractivity contribution < 1.29 is 8.42 Å². The molecular weight excluding hydrogens is 260 g/mol. The molecule has 1 aromatic carbocycles. The van der Waals surface area contributed by atoms with E-state index in [1.807, 2.05) is 33.9 Å². The van der Waals surface area contributed by atoms with Gasteiger partial charge in [-0.3, -0.25) is 0 Å². The number of hydrogen-bond acceptors (Lipinski definition) is 3. The zero-order valence-corrected chi connectivity index (χ0v) is 13.2. The molecule has 0 atom stereocenters. The molecule has 0 aliphatic carbocycles. The van der Waals surface area contributed by atoms with Crippen molar-refractivity contribution in [3.05, 3.63) is 29.3 Å². The Morgan fingerprint density at radius 1 is 1.32 bits per heavy atom. The average molecular weight is 284 g/mol. The van der Waals surface area contributed by atoms with Crippen LogP contribution in [0.1, 0.15) is 25.0 Å². The van der Waals surface area contributed by atoms with Crippen molar-refractivity contribution in [1.82, 2.24) is 9.62 Å². The summed E-state index contributed by atoms with van der Waals surface area (Å²) in [5.74, 6) is 0.306. The third-order valence-electron chi connectivity index (χ3n) is 3.07. The number of benzene rings is 1. The molecule has 0 spiro atoms. The van der Waals surface area contributed by atoms with E-state index in [9.17, 15) is 8.42 Å². The van der Waals surface area contributed by atoms with E-state index in [-0.39, 0.29) is 0 Å². The number of hydrogen-bond donors (Lipinski definition) is 1. The predicted molar refractivity (Wildman–Crippen MR) is 78.6 cm³/mol. The van der Waals surface area contributed by atoms with Gasteiger partial charge in [-0.05, 0) is 37.1 Å². The van der Waals surface area contributed by atoms with E-state index in [0.717, 1.165) is 11.1 Å². The van der Waals surface area contributed by atoms with Gasteiger partial charge in [0.05, 0.1) is 4.90 Å². The van der Waals surface area contributed by atoms with E-state index < -0.39 is 10.0 Å². The topological polar surface area (TPSA) is 49.4 Å². The van der Waals surface area contributed by atoms with E-state index >= 15 is 0 Å². The summed E-state index contributed by atoms with van der Waals surface area (Å²) < 4.78 is 26.5. The SMILES string of the molecule is CNCc1cccc(S(=O)(=O)N(C)CC(C)C)c1C. The highest BCUT2D eigenvalue weighted by atomic mass is 32.2. The molecule has 108 valence electrons. The first-order chi connectivity index (χ1) is 8.80. The highest BCUT2D eigenvalue weighted by Gasteiger charge is 2.23. The minimum atomic E-state index is -3.40. The molecule has 5 heteroatoms. The monoisotopic (exact) mass is 284 g/mol. The molecule has 0 radical (unpaired) electrons. The largest absolute Gasteiger partial charge is 0.316 e. The molecule has 1 N–H and O–H groups in total. The third kappa shape index (κ3) is 3.78. The van der Waals surface area contributed by atoms with Crippen LogP contribution >= 0.6 is 0 Å². The van der Waals surface area contributed by atoms with Crippen LogP contribution in [0.15, 0.2) is 23.1 Å². The molecule has 0 unspecified atom stereocenters. The van der Waals surface area contributed by atoms with Gasteiger partial charge in [0, 0.05) is 20.1 Å². The lowest BCUT2D eigenvalue weighted by Crippen LogP contribution is -2.31. The molecule has 0 bridgehead atoms. The highest BCUT2D eigenvalue weighted by Crippen LogP contribution is 2.22. The Labute approximate surface area is 116 Å². The fourth-order valence-corrected chi connectivity index (χ4v) is 3.70. The van der Waals surface area contributed by atoms with Crippen molar-refractivity contribution in [2.45, 2.75) is 32.2 Å². The van der Waals surface area contributed by atoms with Gasteiger partial charge >= 0.3 is 0 Å². The maximum Gasteiger partial charge on any atom is 0.243 e. The number of sulfonamides is 1. The molecule has 4 nitrogen and oxygen atoms in total. The molecule has 0 heterocycles. The van der Waals surface area contributed by atoms with E-state index in [1.54, 1.807) is 19.2 Å². The maximum atomic E-state index is 12.6. The molecule has 0 aliphatic rings. The van der Waals surface area contributed by atoms with Crippen LogP contribution in [-0.4, -0.2) is 33.4 Å². The second-order valence-corrected chi connectivity index (χ2v) is 7.26. The standard InChI is InChI=1S/C14H24N2O2S/c1-11(2)10-16(5)19(17,18)14-8-6-7-13(9-15-4)12(14)3/h6-8,11,15H,9-10H2,1-5H3. The van der Waals surface area contributed by atoms with Crippen LogP contribution in [0.3, 0.4) is 0 Å². The Bertz CT molecular complexity index is 524. The predicted octanol–water partition coefficient (Wildman–Crippen LogP) is 1.99. The zero-order valence-electron chi connectivity index (χ0n) is 12.4. The van der Waals surface area contributed by atoms with E-state index in [1.165, 1.54) is 4.31 Å². The Hall–Kier alpha value is -0.910. The van der Waals surface area contributed by atoms with Crippen LogP contribution in [0.4, 0.5) is 0 Å². The molecule has 0 saturated heterocycles. The van der Waals surface area contributed by atoms with Crippen molar-refractivity contribution in [3.63, 3.8) is 0 Å². The van der Waals surface area contributed by atoms with Crippen molar-refractivity contribution in [3.8, 4) is 0 Å². The Balaban J connectivity index is 3.18. The molecule has 0 aromatic heterocycles. The maximum absolute atomic E-state index is 12.6. The quantitative estimate of drug-likeness (QED) is 0.869. The van der Waals surface area contributed by atoms with Gasteiger partial charge in [-0.2, -0.15) is 0 Å². The smallest absolute Gasteiger partial charge is 0.243 e. The van der Waals surface area contributed by atoms with Gasteiger partial charge in [0.25, 0.3) is 0 Å². The zero-order chi connectivity index (χ0) is 14.6. The van der Waals surface area contributed by atoms with Crippen LogP contribution in [-0.2, 0) is 16.6 Å². The minimum Gasteiger partial charge on any atom is -0.316 e. The number of rotatable bonds is 6. The fourth-order valence-electron chi connectivity index (χ4n) is 2.10. The lowest BCUT2D eigenvalue weighted by molar-refractivity contribution is 0.417. The minimum absolute atomic E-state index is 0.306. The van der Waals surface area contributed by atoms with E-state index in [2.05, 4.69) is 5.32 Å². The second-order valence-electron chi connectivity index (χ2n) is 5.25. The first-order valence-corrected chi connectivity index (χ1v) is 7.94. The Morgan fingerprint density at radius 2 is 1.95 bits per heavy atom. The molecule has 1 aromatic rings. The summed E-state index contributed by atoms with van der Waals surface area (Å²) >= 11 is 0. The molecule has 0 aliphatic heterocycles. The van der Waals surface area contributed by atoms with Crippen LogP contribution in [0.25, 0.3) is 0 Å². The lowest BCUT2D eigenvalue weighted by Gasteiger charge is -2.21. The average Bonchev–Trinajstić information content (AvgIpc) is 2.31.